The van der Waals surface area contributed by atoms with Crippen molar-refractivity contribution < 1.29 is 22.8 Å². The molecule has 7 nitrogen and oxygen atoms in total. The summed E-state index contributed by atoms with van der Waals surface area (Å²) >= 11 is 0. The molecule has 106 valence electrons. The lowest BCUT2D eigenvalue weighted by Gasteiger charge is -2.39. The van der Waals surface area contributed by atoms with Gasteiger partial charge in [-0.1, -0.05) is 12.1 Å². The fourth-order valence-electron chi connectivity index (χ4n) is 2.16. The Bertz CT molecular complexity index is 581. The predicted molar refractivity (Wildman–Crippen MR) is 65.0 cm³/mol. The molecule has 1 atom stereocenters. The van der Waals surface area contributed by atoms with E-state index in [0.717, 1.165) is 0 Å². The number of aryl methyl sites for hydroxylation is 2. The maximum Gasteiger partial charge on any atom is 0.306 e. The second-order valence-corrected chi connectivity index (χ2v) is 6.74. The number of hydrogen-bond donors (Lipinski definition) is 1. The molecule has 2 heterocycles. The molecule has 0 aliphatic carbocycles. The largest absolute Gasteiger partial charge is 0.481 e. The topological polar surface area (TPSA) is 101 Å². The molecule has 19 heavy (non-hydrogen) atoms. The highest BCUT2D eigenvalue weighted by atomic mass is 32.2. The van der Waals surface area contributed by atoms with Crippen LogP contribution >= 0.6 is 0 Å². The third kappa shape index (κ3) is 2.25. The van der Waals surface area contributed by atoms with Crippen molar-refractivity contribution in [3.05, 3.63) is 11.5 Å². The zero-order valence-electron chi connectivity index (χ0n) is 11.0. The van der Waals surface area contributed by atoms with Gasteiger partial charge in [0.05, 0.1) is 5.92 Å². The van der Waals surface area contributed by atoms with E-state index in [1.54, 1.807) is 20.8 Å². The van der Waals surface area contributed by atoms with Crippen LogP contribution in [0.2, 0.25) is 0 Å². The Morgan fingerprint density at radius 2 is 2.05 bits per heavy atom. The van der Waals surface area contributed by atoms with Crippen molar-refractivity contribution in [3.63, 3.8) is 0 Å². The molecule has 1 aliphatic rings. The molecule has 0 radical (unpaired) electrons. The van der Waals surface area contributed by atoms with E-state index in [1.165, 1.54) is 4.31 Å². The van der Waals surface area contributed by atoms with Gasteiger partial charge in [-0.2, -0.15) is 4.31 Å². The highest BCUT2D eigenvalue weighted by molar-refractivity contribution is 7.89. The molecule has 0 saturated carbocycles. The average molecular weight is 288 g/mol. The van der Waals surface area contributed by atoms with E-state index < -0.39 is 21.9 Å². The van der Waals surface area contributed by atoms with Crippen LogP contribution in [0, 0.1) is 25.7 Å². The number of nitrogens with zero attached hydrogens (tertiary/aromatic N) is 2. The lowest BCUT2D eigenvalue weighted by molar-refractivity contribution is -0.144. The first kappa shape index (κ1) is 14.0. The van der Waals surface area contributed by atoms with Crippen molar-refractivity contribution in [2.24, 2.45) is 11.8 Å². The molecule has 2 rings (SSSR count). The quantitative estimate of drug-likeness (QED) is 0.872. The number of aromatic nitrogens is 1. The van der Waals surface area contributed by atoms with Gasteiger partial charge in [-0.05, 0) is 19.8 Å². The minimum absolute atomic E-state index is 0.0916. The molecule has 1 aliphatic heterocycles. The Hall–Kier alpha value is -1.41. The summed E-state index contributed by atoms with van der Waals surface area (Å²) in [6.45, 7) is 5.15. The third-order valence-corrected chi connectivity index (χ3v) is 5.62. The van der Waals surface area contributed by atoms with Crippen molar-refractivity contribution in [2.75, 3.05) is 13.1 Å². The summed E-state index contributed by atoms with van der Waals surface area (Å²) in [6.07, 6.45) is 0. The molecule has 8 heteroatoms. The van der Waals surface area contributed by atoms with Gasteiger partial charge in [0.15, 0.2) is 5.76 Å². The molecule has 1 aromatic rings. The van der Waals surface area contributed by atoms with E-state index in [9.17, 15) is 13.2 Å². The number of carbonyl (C=O) groups is 1. The van der Waals surface area contributed by atoms with Gasteiger partial charge in [-0.25, -0.2) is 8.42 Å². The molecule has 0 amide bonds. The molecule has 0 spiro atoms. The Morgan fingerprint density at radius 3 is 2.47 bits per heavy atom. The second kappa shape index (κ2) is 4.61. The van der Waals surface area contributed by atoms with Crippen molar-refractivity contribution in [1.82, 2.24) is 9.46 Å². The van der Waals surface area contributed by atoms with Gasteiger partial charge in [-0.3, -0.25) is 4.79 Å². The molecule has 1 unspecified atom stereocenters. The summed E-state index contributed by atoms with van der Waals surface area (Å²) in [5, 5.41) is 12.5. The second-order valence-electron chi connectivity index (χ2n) is 4.86. The SMILES string of the molecule is Cc1noc(C)c1S(=O)(=O)N1CC(C(C)C(=O)O)C1. The van der Waals surface area contributed by atoms with Crippen LogP contribution in [-0.4, -0.2) is 42.0 Å². The monoisotopic (exact) mass is 288 g/mol. The first-order valence-corrected chi connectivity index (χ1v) is 7.35. The van der Waals surface area contributed by atoms with E-state index in [0.29, 0.717) is 5.69 Å². The van der Waals surface area contributed by atoms with Crippen LogP contribution in [0.15, 0.2) is 9.42 Å². The zero-order chi connectivity index (χ0) is 14.4. The highest BCUT2D eigenvalue weighted by Crippen LogP contribution is 2.32. The Labute approximate surface area is 111 Å². The van der Waals surface area contributed by atoms with E-state index in [1.807, 2.05) is 0 Å². The van der Waals surface area contributed by atoms with Gasteiger partial charge in [0.2, 0.25) is 10.0 Å². The summed E-state index contributed by atoms with van der Waals surface area (Å²) < 4.78 is 30.8. The van der Waals surface area contributed by atoms with E-state index in [4.69, 9.17) is 9.63 Å². The van der Waals surface area contributed by atoms with Crippen molar-refractivity contribution in [1.29, 1.82) is 0 Å². The molecule has 0 bridgehead atoms. The maximum absolute atomic E-state index is 12.3. The summed E-state index contributed by atoms with van der Waals surface area (Å²) in [4.78, 5) is 10.9. The van der Waals surface area contributed by atoms with Gasteiger partial charge >= 0.3 is 5.97 Å². The number of carboxylic acids is 1. The van der Waals surface area contributed by atoms with Gasteiger partial charge in [0.1, 0.15) is 10.6 Å². The minimum atomic E-state index is -3.63. The fourth-order valence-corrected chi connectivity index (χ4v) is 4.00. The van der Waals surface area contributed by atoms with E-state index in [2.05, 4.69) is 5.16 Å². The van der Waals surface area contributed by atoms with Crippen molar-refractivity contribution >= 4 is 16.0 Å². The number of aliphatic carboxylic acids is 1. The lowest BCUT2D eigenvalue weighted by atomic mass is 9.89. The number of carboxylic acid groups (broad SMARTS) is 1. The highest BCUT2D eigenvalue weighted by Gasteiger charge is 2.43. The fraction of sp³-hybridized carbons (Fsp3) is 0.636. The third-order valence-electron chi connectivity index (χ3n) is 3.54. The maximum atomic E-state index is 12.3. The summed E-state index contributed by atoms with van der Waals surface area (Å²) in [5.41, 5.74) is 0.326. The van der Waals surface area contributed by atoms with Crippen LogP contribution < -0.4 is 0 Å². The average Bonchev–Trinajstić information content (AvgIpc) is 2.55. The van der Waals surface area contributed by atoms with Crippen LogP contribution in [-0.2, 0) is 14.8 Å². The summed E-state index contributed by atoms with van der Waals surface area (Å²) in [6, 6.07) is 0. The zero-order valence-corrected chi connectivity index (χ0v) is 11.8. The first-order chi connectivity index (χ1) is 8.75. The lowest BCUT2D eigenvalue weighted by Crippen LogP contribution is -2.53. The van der Waals surface area contributed by atoms with Crippen LogP contribution in [0.3, 0.4) is 0 Å². The van der Waals surface area contributed by atoms with Crippen LogP contribution in [0.1, 0.15) is 18.4 Å². The molecule has 1 N–H and O–H groups in total. The standard InChI is InChI=1S/C11H16N2O5S/c1-6(11(14)15)9-4-13(5-9)19(16,17)10-7(2)12-18-8(10)3/h6,9H,4-5H2,1-3H3,(H,14,15). The predicted octanol–water partition coefficient (Wildman–Crippen LogP) is 0.633. The Balaban J connectivity index is 2.15. The molecule has 1 fully saturated rings. The smallest absolute Gasteiger partial charge is 0.306 e. The summed E-state index contributed by atoms with van der Waals surface area (Å²) in [5.74, 6) is -1.34. The van der Waals surface area contributed by atoms with Gasteiger partial charge in [-0.15, -0.1) is 0 Å². The van der Waals surface area contributed by atoms with Crippen LogP contribution in [0.5, 0.6) is 0 Å². The first-order valence-electron chi connectivity index (χ1n) is 5.91. The van der Waals surface area contributed by atoms with E-state index >= 15 is 0 Å². The molecular weight excluding hydrogens is 272 g/mol. The molecule has 1 aromatic heterocycles. The van der Waals surface area contributed by atoms with Crippen LogP contribution in [0.25, 0.3) is 0 Å². The Morgan fingerprint density at radius 1 is 1.47 bits per heavy atom. The number of hydrogen-bond acceptors (Lipinski definition) is 5. The van der Waals surface area contributed by atoms with Crippen molar-refractivity contribution in [2.45, 2.75) is 25.7 Å². The van der Waals surface area contributed by atoms with Gasteiger partial charge in [0, 0.05) is 13.1 Å². The molecular formula is C11H16N2O5S. The van der Waals surface area contributed by atoms with Crippen LogP contribution in [0.4, 0.5) is 0 Å². The van der Waals surface area contributed by atoms with Gasteiger partial charge in [0.25, 0.3) is 0 Å². The van der Waals surface area contributed by atoms with Gasteiger partial charge < -0.3 is 9.63 Å². The number of sulfonamides is 1. The van der Waals surface area contributed by atoms with Crippen molar-refractivity contribution in [3.8, 4) is 0 Å². The number of rotatable bonds is 4. The molecule has 0 aromatic carbocycles. The summed E-state index contributed by atoms with van der Waals surface area (Å²) in [7, 11) is -3.63. The Kier molecular flexibility index (Phi) is 3.40. The normalized spacial score (nSPS) is 19.1. The molecule has 1 saturated heterocycles. The minimum Gasteiger partial charge on any atom is -0.481 e. The van der Waals surface area contributed by atoms with E-state index in [-0.39, 0.29) is 29.7 Å².